The number of piperidine rings is 1. The first-order valence-corrected chi connectivity index (χ1v) is 7.24. The molecule has 2 atom stereocenters. The Balaban J connectivity index is 1.89. The van der Waals surface area contributed by atoms with E-state index in [1.54, 1.807) is 0 Å². The molecule has 0 aromatic heterocycles. The van der Waals surface area contributed by atoms with Crippen LogP contribution in [0.5, 0.6) is 0 Å². The molecular formula is C14H24N2O2. The normalized spacial score (nSPS) is 27.9. The van der Waals surface area contributed by atoms with Crippen LogP contribution in [0.3, 0.4) is 0 Å². The van der Waals surface area contributed by atoms with E-state index < -0.39 is 0 Å². The lowest BCUT2D eigenvalue weighted by Gasteiger charge is -2.36. The van der Waals surface area contributed by atoms with E-state index in [0.29, 0.717) is 6.04 Å². The monoisotopic (exact) mass is 252 g/mol. The minimum absolute atomic E-state index is 0.0666. The number of likely N-dealkylation sites (tertiary alicyclic amines) is 1. The Morgan fingerprint density at radius 2 is 1.89 bits per heavy atom. The van der Waals surface area contributed by atoms with Crippen LogP contribution in [0.25, 0.3) is 0 Å². The van der Waals surface area contributed by atoms with Crippen LogP contribution in [0.1, 0.15) is 51.9 Å². The lowest BCUT2D eigenvalue weighted by atomic mass is 10.0. The number of nitrogens with one attached hydrogen (secondary N) is 1. The smallest absolute Gasteiger partial charge is 0.237 e. The molecule has 0 aromatic rings. The maximum atomic E-state index is 12.2. The fourth-order valence-corrected chi connectivity index (χ4v) is 3.15. The summed E-state index contributed by atoms with van der Waals surface area (Å²) in [6.07, 6.45) is 8.73. The minimum Gasteiger partial charge on any atom is -0.352 e. The molecule has 1 aliphatic carbocycles. The van der Waals surface area contributed by atoms with Gasteiger partial charge in [0.15, 0.2) is 0 Å². The Kier molecular flexibility index (Phi) is 4.75. The highest BCUT2D eigenvalue weighted by Gasteiger charge is 2.31. The highest BCUT2D eigenvalue weighted by atomic mass is 16.2. The summed E-state index contributed by atoms with van der Waals surface area (Å²) in [7, 11) is 0. The zero-order valence-corrected chi connectivity index (χ0v) is 11.2. The Bertz CT molecular complexity index is 300. The Hall–Kier alpha value is -0.900. The molecule has 2 fully saturated rings. The number of carbonyl (C=O) groups is 2. The molecule has 2 unspecified atom stereocenters. The predicted octanol–water partition coefficient (Wildman–Crippen LogP) is 1.49. The van der Waals surface area contributed by atoms with E-state index in [0.717, 1.165) is 44.9 Å². The van der Waals surface area contributed by atoms with Crippen LogP contribution in [0.2, 0.25) is 0 Å². The fraction of sp³-hybridized carbons (Fsp3) is 0.857. The van der Waals surface area contributed by atoms with Crippen molar-refractivity contribution < 1.29 is 9.59 Å². The number of hydrogen-bond donors (Lipinski definition) is 1. The van der Waals surface area contributed by atoms with E-state index in [9.17, 15) is 9.59 Å². The zero-order chi connectivity index (χ0) is 13.0. The predicted molar refractivity (Wildman–Crippen MR) is 70.3 cm³/mol. The van der Waals surface area contributed by atoms with Crippen molar-refractivity contribution >= 4 is 12.2 Å². The van der Waals surface area contributed by atoms with Crippen LogP contribution in [0, 0.1) is 0 Å². The van der Waals surface area contributed by atoms with Crippen molar-refractivity contribution in [3.05, 3.63) is 0 Å². The molecule has 1 aliphatic heterocycles. The van der Waals surface area contributed by atoms with Gasteiger partial charge in [0.05, 0.1) is 12.1 Å². The molecule has 4 heteroatoms. The summed E-state index contributed by atoms with van der Waals surface area (Å²) in [5.74, 6) is 0.0932. The summed E-state index contributed by atoms with van der Waals surface area (Å²) in [6.45, 7) is 2.79. The second-order valence-corrected chi connectivity index (χ2v) is 5.60. The van der Waals surface area contributed by atoms with Gasteiger partial charge in [-0.3, -0.25) is 9.69 Å². The Morgan fingerprint density at radius 3 is 2.56 bits per heavy atom. The fourth-order valence-electron chi connectivity index (χ4n) is 3.15. The van der Waals surface area contributed by atoms with Crippen LogP contribution < -0.4 is 5.32 Å². The Labute approximate surface area is 109 Å². The molecule has 1 saturated carbocycles. The van der Waals surface area contributed by atoms with Gasteiger partial charge in [0, 0.05) is 6.04 Å². The summed E-state index contributed by atoms with van der Waals surface area (Å²) >= 11 is 0. The molecule has 1 amide bonds. The van der Waals surface area contributed by atoms with E-state index in [4.69, 9.17) is 0 Å². The average molecular weight is 252 g/mol. The Morgan fingerprint density at radius 1 is 1.22 bits per heavy atom. The van der Waals surface area contributed by atoms with E-state index >= 15 is 0 Å². The molecule has 2 aliphatic rings. The molecule has 1 N–H and O–H groups in total. The molecule has 2 rings (SSSR count). The zero-order valence-electron chi connectivity index (χ0n) is 11.2. The number of aldehydes is 1. The molecule has 0 spiro atoms. The molecule has 102 valence electrons. The minimum atomic E-state index is -0.180. The van der Waals surface area contributed by atoms with Gasteiger partial charge in [0.1, 0.15) is 6.29 Å². The van der Waals surface area contributed by atoms with Crippen LogP contribution in [0.4, 0.5) is 0 Å². The van der Waals surface area contributed by atoms with Crippen LogP contribution in [-0.4, -0.2) is 41.8 Å². The van der Waals surface area contributed by atoms with Gasteiger partial charge in [-0.05, 0) is 39.2 Å². The van der Waals surface area contributed by atoms with Crippen molar-refractivity contribution in [1.29, 1.82) is 0 Å². The first kappa shape index (κ1) is 13.5. The number of nitrogens with zero attached hydrogens (tertiary/aromatic N) is 1. The topological polar surface area (TPSA) is 49.4 Å². The van der Waals surface area contributed by atoms with Gasteiger partial charge in [-0.1, -0.05) is 19.3 Å². The van der Waals surface area contributed by atoms with Gasteiger partial charge in [0.2, 0.25) is 5.91 Å². The number of hydrogen-bond acceptors (Lipinski definition) is 3. The van der Waals surface area contributed by atoms with Gasteiger partial charge in [-0.25, -0.2) is 0 Å². The van der Waals surface area contributed by atoms with Crippen LogP contribution in [0.15, 0.2) is 0 Å². The largest absolute Gasteiger partial charge is 0.352 e. The van der Waals surface area contributed by atoms with Crippen molar-refractivity contribution in [1.82, 2.24) is 10.2 Å². The highest BCUT2D eigenvalue weighted by molar-refractivity contribution is 5.82. The molecular weight excluding hydrogens is 228 g/mol. The first-order valence-electron chi connectivity index (χ1n) is 7.24. The lowest BCUT2D eigenvalue weighted by molar-refractivity contribution is -0.129. The van der Waals surface area contributed by atoms with Crippen molar-refractivity contribution in [2.75, 3.05) is 6.54 Å². The van der Waals surface area contributed by atoms with Crippen LogP contribution >= 0.6 is 0 Å². The lowest BCUT2D eigenvalue weighted by Crippen LogP contribution is -2.53. The van der Waals surface area contributed by atoms with E-state index in [2.05, 4.69) is 10.2 Å². The third-order valence-corrected chi connectivity index (χ3v) is 4.33. The highest BCUT2D eigenvalue weighted by Crippen LogP contribution is 2.20. The first-order chi connectivity index (χ1) is 8.72. The second kappa shape index (κ2) is 6.32. The number of carbonyl (C=O) groups excluding carboxylic acids is 2. The number of rotatable bonds is 4. The molecule has 4 nitrogen and oxygen atoms in total. The summed E-state index contributed by atoms with van der Waals surface area (Å²) in [5, 5.41) is 3.12. The quantitative estimate of drug-likeness (QED) is 0.771. The third-order valence-electron chi connectivity index (χ3n) is 4.33. The molecule has 0 bridgehead atoms. The van der Waals surface area contributed by atoms with Crippen molar-refractivity contribution in [3.63, 3.8) is 0 Å². The summed E-state index contributed by atoms with van der Waals surface area (Å²) in [6, 6.07) is 0.114. The molecule has 1 saturated heterocycles. The van der Waals surface area contributed by atoms with Gasteiger partial charge >= 0.3 is 0 Å². The molecule has 18 heavy (non-hydrogen) atoms. The third kappa shape index (κ3) is 3.10. The second-order valence-electron chi connectivity index (χ2n) is 5.60. The van der Waals surface area contributed by atoms with Gasteiger partial charge in [0.25, 0.3) is 0 Å². The summed E-state index contributed by atoms with van der Waals surface area (Å²) in [4.78, 5) is 25.3. The maximum Gasteiger partial charge on any atom is 0.237 e. The van der Waals surface area contributed by atoms with E-state index in [1.165, 1.54) is 12.8 Å². The molecule has 0 aromatic carbocycles. The van der Waals surface area contributed by atoms with Gasteiger partial charge < -0.3 is 10.1 Å². The molecule has 1 heterocycles. The SMILES string of the molecule is CC(C(=O)NC1CCCC1)N1CCCCC1C=O. The van der Waals surface area contributed by atoms with Gasteiger partial charge in [-0.15, -0.1) is 0 Å². The van der Waals surface area contributed by atoms with Crippen molar-refractivity contribution in [2.45, 2.75) is 70.0 Å². The van der Waals surface area contributed by atoms with Crippen molar-refractivity contribution in [3.8, 4) is 0 Å². The average Bonchev–Trinajstić information content (AvgIpc) is 2.90. The van der Waals surface area contributed by atoms with Gasteiger partial charge in [-0.2, -0.15) is 0 Å². The number of amides is 1. The van der Waals surface area contributed by atoms with E-state index in [1.807, 2.05) is 6.92 Å². The van der Waals surface area contributed by atoms with Crippen molar-refractivity contribution in [2.24, 2.45) is 0 Å². The van der Waals surface area contributed by atoms with E-state index in [-0.39, 0.29) is 18.0 Å². The molecule has 0 radical (unpaired) electrons. The standard InChI is InChI=1S/C14H24N2O2/c1-11(14(18)15-12-6-2-3-7-12)16-9-5-4-8-13(16)10-17/h10-13H,2-9H2,1H3,(H,15,18). The summed E-state index contributed by atoms with van der Waals surface area (Å²) in [5.41, 5.74) is 0. The maximum absolute atomic E-state index is 12.2. The summed E-state index contributed by atoms with van der Waals surface area (Å²) < 4.78 is 0. The van der Waals surface area contributed by atoms with Crippen LogP contribution in [-0.2, 0) is 9.59 Å².